The molecule has 0 saturated heterocycles. The van der Waals surface area contributed by atoms with Crippen LogP contribution in [0.15, 0.2) is 48.5 Å². The smallest absolute Gasteiger partial charge is 0.310 e. The van der Waals surface area contributed by atoms with Crippen LogP contribution in [0.3, 0.4) is 0 Å². The van der Waals surface area contributed by atoms with E-state index in [1.165, 1.54) is 0 Å². The Morgan fingerprint density at radius 1 is 1.04 bits per heavy atom. The van der Waals surface area contributed by atoms with Crippen LogP contribution in [0.25, 0.3) is 0 Å². The average molecular weight is 332 g/mol. The molecule has 120 valence electrons. The number of esters is 1. The van der Waals surface area contributed by atoms with Gasteiger partial charge in [0.2, 0.25) is 0 Å². The molecule has 2 aromatic rings. The molecule has 0 spiro atoms. The lowest BCUT2D eigenvalue weighted by molar-refractivity contribution is -0.147. The zero-order valence-corrected chi connectivity index (χ0v) is 13.6. The molecule has 2 rings (SSSR count). The van der Waals surface area contributed by atoms with Crippen LogP contribution in [0.1, 0.15) is 16.7 Å². The quantitative estimate of drug-likeness (QED) is 0.828. The van der Waals surface area contributed by atoms with Crippen molar-refractivity contribution in [3.63, 3.8) is 0 Å². The molecule has 0 radical (unpaired) electrons. The highest BCUT2D eigenvalue weighted by Crippen LogP contribution is 2.14. The Labute approximate surface area is 140 Å². The first-order valence-electron chi connectivity index (χ1n) is 7.26. The summed E-state index contributed by atoms with van der Waals surface area (Å²) in [6.45, 7) is 1.93. The van der Waals surface area contributed by atoms with Gasteiger partial charge >= 0.3 is 5.97 Å². The second kappa shape index (κ2) is 8.34. The van der Waals surface area contributed by atoms with Gasteiger partial charge in [-0.15, -0.1) is 0 Å². The highest BCUT2D eigenvalue weighted by molar-refractivity contribution is 6.31. The fraction of sp³-hybridized carbons (Fsp3) is 0.222. The van der Waals surface area contributed by atoms with Crippen LogP contribution in [0.5, 0.6) is 0 Å². The van der Waals surface area contributed by atoms with Crippen LogP contribution in [0, 0.1) is 6.92 Å². The molecule has 1 N–H and O–H groups in total. The molecule has 0 aliphatic rings. The zero-order chi connectivity index (χ0) is 16.7. The lowest BCUT2D eigenvalue weighted by Gasteiger charge is -2.08. The SMILES string of the molecule is Cc1ccccc1CC(=O)OCC(=O)NCc1ccccc1Cl. The van der Waals surface area contributed by atoms with E-state index in [1.54, 1.807) is 6.07 Å². The fourth-order valence-corrected chi connectivity index (χ4v) is 2.25. The summed E-state index contributed by atoms with van der Waals surface area (Å²) in [5, 5.41) is 3.26. The maximum atomic E-state index is 11.8. The molecule has 0 atom stereocenters. The van der Waals surface area contributed by atoms with Gasteiger partial charge in [0.1, 0.15) is 0 Å². The predicted octanol–water partition coefficient (Wildman–Crippen LogP) is 3.05. The highest BCUT2D eigenvalue weighted by Gasteiger charge is 2.10. The van der Waals surface area contributed by atoms with Crippen molar-refractivity contribution in [3.8, 4) is 0 Å². The van der Waals surface area contributed by atoms with E-state index in [-0.39, 0.29) is 18.9 Å². The minimum Gasteiger partial charge on any atom is -0.455 e. The number of hydrogen-bond acceptors (Lipinski definition) is 3. The number of carbonyl (C=O) groups excluding carboxylic acids is 2. The largest absolute Gasteiger partial charge is 0.455 e. The Bertz CT molecular complexity index is 700. The minimum absolute atomic E-state index is 0.157. The number of rotatable bonds is 6. The molecule has 5 heteroatoms. The Morgan fingerprint density at radius 2 is 1.70 bits per heavy atom. The van der Waals surface area contributed by atoms with E-state index in [0.29, 0.717) is 11.6 Å². The molecule has 0 unspecified atom stereocenters. The van der Waals surface area contributed by atoms with E-state index in [2.05, 4.69) is 5.32 Å². The first-order valence-corrected chi connectivity index (χ1v) is 7.64. The standard InChI is InChI=1S/C18H18ClNO3/c1-13-6-2-3-7-14(13)10-18(22)23-12-17(21)20-11-15-8-4-5-9-16(15)19/h2-9H,10-12H2,1H3,(H,20,21). The van der Waals surface area contributed by atoms with Gasteiger partial charge in [-0.25, -0.2) is 0 Å². The Hall–Kier alpha value is -2.33. The number of ether oxygens (including phenoxy) is 1. The Balaban J connectivity index is 1.75. The maximum Gasteiger partial charge on any atom is 0.310 e. The van der Waals surface area contributed by atoms with Gasteiger partial charge in [-0.05, 0) is 29.7 Å². The third kappa shape index (κ3) is 5.42. The monoisotopic (exact) mass is 331 g/mol. The number of hydrogen-bond donors (Lipinski definition) is 1. The Morgan fingerprint density at radius 3 is 2.39 bits per heavy atom. The molecule has 23 heavy (non-hydrogen) atoms. The molecule has 0 aliphatic heterocycles. The van der Waals surface area contributed by atoms with E-state index in [1.807, 2.05) is 49.4 Å². The molecule has 0 bridgehead atoms. The summed E-state index contributed by atoms with van der Waals surface area (Å²) in [7, 11) is 0. The molecule has 0 heterocycles. The van der Waals surface area contributed by atoms with E-state index in [9.17, 15) is 9.59 Å². The lowest BCUT2D eigenvalue weighted by Crippen LogP contribution is -2.28. The molecule has 4 nitrogen and oxygen atoms in total. The fourth-order valence-electron chi connectivity index (χ4n) is 2.05. The molecule has 2 aromatic carbocycles. The van der Waals surface area contributed by atoms with Crippen LogP contribution >= 0.6 is 11.6 Å². The van der Waals surface area contributed by atoms with Crippen molar-refractivity contribution in [1.29, 1.82) is 0 Å². The number of amides is 1. The van der Waals surface area contributed by atoms with Crippen molar-refractivity contribution in [1.82, 2.24) is 5.32 Å². The predicted molar refractivity (Wildman–Crippen MR) is 89.1 cm³/mol. The van der Waals surface area contributed by atoms with Gasteiger partial charge < -0.3 is 10.1 Å². The van der Waals surface area contributed by atoms with Crippen molar-refractivity contribution < 1.29 is 14.3 Å². The van der Waals surface area contributed by atoms with Gasteiger partial charge in [-0.3, -0.25) is 9.59 Å². The molecular weight excluding hydrogens is 314 g/mol. The normalized spacial score (nSPS) is 10.2. The van der Waals surface area contributed by atoms with E-state index >= 15 is 0 Å². The summed E-state index contributed by atoms with van der Waals surface area (Å²) in [6, 6.07) is 14.8. The number of benzene rings is 2. The van der Waals surface area contributed by atoms with Crippen LogP contribution in [-0.4, -0.2) is 18.5 Å². The van der Waals surface area contributed by atoms with Crippen molar-refractivity contribution in [3.05, 3.63) is 70.2 Å². The first-order chi connectivity index (χ1) is 11.1. The van der Waals surface area contributed by atoms with Gasteiger partial charge in [-0.2, -0.15) is 0 Å². The van der Waals surface area contributed by atoms with E-state index in [0.717, 1.165) is 16.7 Å². The number of nitrogens with one attached hydrogen (secondary N) is 1. The minimum atomic E-state index is -0.424. The molecule has 1 amide bonds. The van der Waals surface area contributed by atoms with Gasteiger partial charge in [0.25, 0.3) is 5.91 Å². The number of carbonyl (C=O) groups is 2. The first kappa shape index (κ1) is 17.0. The summed E-state index contributed by atoms with van der Waals surface area (Å²) in [6.07, 6.45) is 0.157. The zero-order valence-electron chi connectivity index (χ0n) is 12.8. The summed E-state index contributed by atoms with van der Waals surface area (Å²) in [4.78, 5) is 23.5. The molecule has 0 aliphatic carbocycles. The van der Waals surface area contributed by atoms with E-state index in [4.69, 9.17) is 16.3 Å². The van der Waals surface area contributed by atoms with Crippen molar-refractivity contribution in [2.45, 2.75) is 19.9 Å². The highest BCUT2D eigenvalue weighted by atomic mass is 35.5. The summed E-state index contributed by atoms with van der Waals surface area (Å²) >= 11 is 6.00. The maximum absolute atomic E-state index is 11.8. The van der Waals surface area contributed by atoms with E-state index < -0.39 is 5.97 Å². The number of halogens is 1. The lowest BCUT2D eigenvalue weighted by atomic mass is 10.1. The van der Waals surface area contributed by atoms with Gasteiger partial charge in [0.15, 0.2) is 6.61 Å². The molecule has 0 fully saturated rings. The van der Waals surface area contributed by atoms with Crippen molar-refractivity contribution >= 4 is 23.5 Å². The second-order valence-electron chi connectivity index (χ2n) is 5.13. The van der Waals surface area contributed by atoms with Crippen LogP contribution in [0.2, 0.25) is 5.02 Å². The molecule has 0 saturated carbocycles. The average Bonchev–Trinajstić information content (AvgIpc) is 2.54. The summed E-state index contributed by atoms with van der Waals surface area (Å²) in [5.41, 5.74) is 2.73. The summed E-state index contributed by atoms with van der Waals surface area (Å²) < 4.78 is 5.00. The second-order valence-corrected chi connectivity index (χ2v) is 5.54. The summed E-state index contributed by atoms with van der Waals surface area (Å²) in [5.74, 6) is -0.782. The van der Waals surface area contributed by atoms with Gasteiger partial charge in [0, 0.05) is 11.6 Å². The van der Waals surface area contributed by atoms with Crippen LogP contribution in [-0.2, 0) is 27.3 Å². The third-order valence-corrected chi connectivity index (χ3v) is 3.76. The molecular formula is C18H18ClNO3. The number of aryl methyl sites for hydroxylation is 1. The van der Waals surface area contributed by atoms with Gasteiger partial charge in [-0.1, -0.05) is 54.1 Å². The topological polar surface area (TPSA) is 55.4 Å². The van der Waals surface area contributed by atoms with Crippen molar-refractivity contribution in [2.24, 2.45) is 0 Å². The third-order valence-electron chi connectivity index (χ3n) is 3.39. The molecule has 0 aromatic heterocycles. The van der Waals surface area contributed by atoms with Crippen LogP contribution < -0.4 is 5.32 Å². The Kier molecular flexibility index (Phi) is 6.18. The van der Waals surface area contributed by atoms with Crippen molar-refractivity contribution in [2.75, 3.05) is 6.61 Å². The van der Waals surface area contributed by atoms with Gasteiger partial charge in [0.05, 0.1) is 6.42 Å². The van der Waals surface area contributed by atoms with Crippen LogP contribution in [0.4, 0.5) is 0 Å².